The molecule has 0 aliphatic heterocycles. The number of halogens is 2. The van der Waals surface area contributed by atoms with Crippen molar-refractivity contribution in [1.29, 1.82) is 0 Å². The Kier molecular flexibility index (Phi) is 10.6. The molecule has 5 rings (SSSR count). The summed E-state index contributed by atoms with van der Waals surface area (Å²) in [4.78, 5) is 44.6. The highest BCUT2D eigenvalue weighted by atomic mass is 35.5. The lowest BCUT2D eigenvalue weighted by molar-refractivity contribution is -0.115. The minimum atomic E-state index is -0.690. The molecule has 3 amide bonds. The molecule has 0 spiro atoms. The van der Waals surface area contributed by atoms with Crippen molar-refractivity contribution >= 4 is 69.3 Å². The van der Waals surface area contributed by atoms with E-state index in [2.05, 4.69) is 20.9 Å². The summed E-state index contributed by atoms with van der Waals surface area (Å²) in [6.07, 6.45) is 1.20. The van der Waals surface area contributed by atoms with Crippen LogP contribution in [-0.2, 0) is 9.59 Å². The van der Waals surface area contributed by atoms with Gasteiger partial charge in [-0.15, -0.1) is 23.1 Å². The van der Waals surface area contributed by atoms with Gasteiger partial charge >= 0.3 is 0 Å². The summed E-state index contributed by atoms with van der Waals surface area (Å²) in [6.45, 7) is 3.79. The lowest BCUT2D eigenvalue weighted by atomic mass is 10.1. The molecule has 4 aromatic carbocycles. The first kappa shape index (κ1) is 32.6. The Morgan fingerprint density at radius 1 is 0.935 bits per heavy atom. The summed E-state index contributed by atoms with van der Waals surface area (Å²) < 4.78 is 14.6. The van der Waals surface area contributed by atoms with Crippen LogP contribution in [0.2, 0.25) is 5.02 Å². The topological polar surface area (TPSA) is 100 Å². The number of thiazole rings is 1. The molecule has 0 bridgehead atoms. The Morgan fingerprint density at radius 3 is 2.41 bits per heavy atom. The van der Waals surface area contributed by atoms with Crippen LogP contribution in [0.15, 0.2) is 113 Å². The summed E-state index contributed by atoms with van der Waals surface area (Å²) in [7, 11) is 0. The third-order valence-electron chi connectivity index (χ3n) is 6.67. The number of hydrogen-bond acceptors (Lipinski definition) is 6. The van der Waals surface area contributed by atoms with Crippen LogP contribution in [0.1, 0.15) is 28.4 Å². The second-order valence-corrected chi connectivity index (χ2v) is 12.8. The number of nitrogens with zero attached hydrogens (tertiary/aromatic N) is 1. The Labute approximate surface area is 278 Å². The maximum atomic E-state index is 14.6. The quantitative estimate of drug-likeness (QED) is 0.102. The zero-order valence-corrected chi connectivity index (χ0v) is 27.1. The highest BCUT2D eigenvalue weighted by Gasteiger charge is 2.19. The van der Waals surface area contributed by atoms with Gasteiger partial charge in [0, 0.05) is 32.7 Å². The van der Waals surface area contributed by atoms with Crippen molar-refractivity contribution in [1.82, 2.24) is 10.3 Å². The minimum Gasteiger partial charge on any atom is -0.321 e. The average molecular weight is 671 g/mol. The number of benzene rings is 4. The molecule has 0 aliphatic rings. The van der Waals surface area contributed by atoms with E-state index in [1.165, 1.54) is 47.4 Å². The first-order valence-electron chi connectivity index (χ1n) is 14.1. The van der Waals surface area contributed by atoms with Crippen molar-refractivity contribution in [3.63, 3.8) is 0 Å². The normalized spacial score (nSPS) is 11.9. The molecule has 1 atom stereocenters. The molecule has 7 nitrogen and oxygen atoms in total. The fraction of sp³-hybridized carbons (Fsp3) is 0.0857. The second kappa shape index (κ2) is 15.0. The lowest BCUT2D eigenvalue weighted by Crippen LogP contribution is -2.30. The van der Waals surface area contributed by atoms with Crippen LogP contribution in [0, 0.1) is 12.7 Å². The first-order valence-corrected chi connectivity index (χ1v) is 16.2. The summed E-state index contributed by atoms with van der Waals surface area (Å²) in [5.41, 5.74) is 3.38. The predicted molar refractivity (Wildman–Crippen MR) is 185 cm³/mol. The molecule has 11 heteroatoms. The summed E-state index contributed by atoms with van der Waals surface area (Å²) in [5.74, 6) is -2.11. The largest absolute Gasteiger partial charge is 0.321 e. The fourth-order valence-corrected chi connectivity index (χ4v) is 6.10. The second-order valence-electron chi connectivity index (χ2n) is 10.1. The van der Waals surface area contributed by atoms with Gasteiger partial charge in [0.05, 0.1) is 16.0 Å². The predicted octanol–water partition coefficient (Wildman–Crippen LogP) is 8.44. The first-order chi connectivity index (χ1) is 22.2. The number of carbonyl (C=O) groups is 3. The number of aromatic nitrogens is 1. The molecule has 0 aliphatic carbocycles. The number of nitrogens with one attached hydrogen (secondary N) is 3. The van der Waals surface area contributed by atoms with E-state index in [1.807, 2.05) is 42.6 Å². The van der Waals surface area contributed by atoms with Gasteiger partial charge in [0.25, 0.3) is 11.8 Å². The Hall–Kier alpha value is -4.77. The van der Waals surface area contributed by atoms with Crippen molar-refractivity contribution in [2.75, 3.05) is 10.6 Å². The van der Waals surface area contributed by atoms with Crippen LogP contribution in [0.25, 0.3) is 17.3 Å². The van der Waals surface area contributed by atoms with Crippen LogP contribution in [0.5, 0.6) is 0 Å². The molecule has 1 heterocycles. The fourth-order valence-electron chi connectivity index (χ4n) is 4.23. The lowest BCUT2D eigenvalue weighted by Gasteiger charge is -2.14. The van der Waals surface area contributed by atoms with Crippen LogP contribution < -0.4 is 16.0 Å². The van der Waals surface area contributed by atoms with Crippen LogP contribution in [0.3, 0.4) is 0 Å². The molecule has 0 fully saturated rings. The van der Waals surface area contributed by atoms with Gasteiger partial charge in [-0.25, -0.2) is 9.37 Å². The Bertz CT molecular complexity index is 1890. The van der Waals surface area contributed by atoms with E-state index in [9.17, 15) is 18.8 Å². The van der Waals surface area contributed by atoms with E-state index in [-0.39, 0.29) is 22.2 Å². The molecule has 0 saturated carbocycles. The number of anilines is 2. The van der Waals surface area contributed by atoms with Crippen LogP contribution >= 0.6 is 34.7 Å². The van der Waals surface area contributed by atoms with Crippen molar-refractivity contribution in [2.24, 2.45) is 0 Å². The van der Waals surface area contributed by atoms with Gasteiger partial charge in [0.1, 0.15) is 11.5 Å². The van der Waals surface area contributed by atoms with Gasteiger partial charge in [-0.1, -0.05) is 71.8 Å². The Balaban J connectivity index is 1.27. The molecule has 0 radical (unpaired) electrons. The van der Waals surface area contributed by atoms with Gasteiger partial charge in [0.15, 0.2) is 5.13 Å². The minimum absolute atomic E-state index is 0.0435. The molecule has 3 N–H and O–H groups in total. The highest BCUT2D eigenvalue weighted by Crippen LogP contribution is 2.29. The maximum Gasteiger partial charge on any atom is 0.272 e. The molecule has 46 heavy (non-hydrogen) atoms. The number of rotatable bonds is 10. The SMILES string of the molecule is Cc1ccc(-c2csc(NC(=O)C(C)Sc3cccc(NC(=O)/C(=C\c4c(F)cccc4Cl)NC(=O)c4ccccc4)c3)n2)cc1. The summed E-state index contributed by atoms with van der Waals surface area (Å²) in [5, 5.41) is 10.2. The van der Waals surface area contributed by atoms with E-state index < -0.39 is 22.9 Å². The molecular weight excluding hydrogens is 643 g/mol. The van der Waals surface area contributed by atoms with Crippen molar-refractivity contribution in [3.8, 4) is 11.3 Å². The van der Waals surface area contributed by atoms with E-state index in [1.54, 1.807) is 55.5 Å². The van der Waals surface area contributed by atoms with E-state index in [4.69, 9.17) is 11.6 Å². The molecule has 1 aromatic heterocycles. The van der Waals surface area contributed by atoms with Crippen molar-refractivity contribution in [3.05, 3.63) is 136 Å². The number of thioether (sulfide) groups is 1. The third kappa shape index (κ3) is 8.48. The molecule has 1 unspecified atom stereocenters. The highest BCUT2D eigenvalue weighted by molar-refractivity contribution is 8.00. The summed E-state index contributed by atoms with van der Waals surface area (Å²) >= 11 is 8.86. The average Bonchev–Trinajstić information content (AvgIpc) is 3.51. The molecular formula is C35H28ClFN4O3S2. The van der Waals surface area contributed by atoms with Gasteiger partial charge in [-0.3, -0.25) is 14.4 Å². The maximum absolute atomic E-state index is 14.6. The number of carbonyl (C=O) groups excluding carboxylic acids is 3. The number of aryl methyl sites for hydroxylation is 1. The monoisotopic (exact) mass is 670 g/mol. The van der Waals surface area contributed by atoms with Gasteiger partial charge in [-0.2, -0.15) is 0 Å². The van der Waals surface area contributed by atoms with Crippen LogP contribution in [-0.4, -0.2) is 28.0 Å². The van der Waals surface area contributed by atoms with E-state index >= 15 is 0 Å². The molecule has 232 valence electrons. The summed E-state index contributed by atoms with van der Waals surface area (Å²) in [6, 6.07) is 27.4. The van der Waals surface area contributed by atoms with Crippen molar-refractivity contribution in [2.45, 2.75) is 24.0 Å². The Morgan fingerprint density at radius 2 is 1.67 bits per heavy atom. The molecule has 5 aromatic rings. The number of amides is 3. The van der Waals surface area contributed by atoms with E-state index in [0.29, 0.717) is 16.4 Å². The standard InChI is InChI=1S/C35H28ClFN4O3S2/c1-21-14-16-23(17-15-21)31-20-45-35(40-31)41-32(42)22(2)46-26-11-6-10-25(18-26)38-34(44)30(19-27-28(36)12-7-13-29(27)37)39-33(43)24-8-4-3-5-9-24/h3-20,22H,1-2H3,(H,38,44)(H,39,43)(H,40,41,42)/b30-19+. The zero-order valence-electron chi connectivity index (χ0n) is 24.7. The van der Waals surface area contributed by atoms with Gasteiger partial charge < -0.3 is 16.0 Å². The zero-order chi connectivity index (χ0) is 32.6. The number of hydrogen-bond donors (Lipinski definition) is 3. The molecule has 0 saturated heterocycles. The smallest absolute Gasteiger partial charge is 0.272 e. The van der Waals surface area contributed by atoms with Crippen LogP contribution in [0.4, 0.5) is 15.2 Å². The van der Waals surface area contributed by atoms with Crippen molar-refractivity contribution < 1.29 is 18.8 Å². The van der Waals surface area contributed by atoms with Gasteiger partial charge in [0.2, 0.25) is 5.91 Å². The van der Waals surface area contributed by atoms with Gasteiger partial charge in [-0.05, 0) is 62.4 Å². The van der Waals surface area contributed by atoms with E-state index in [0.717, 1.165) is 21.7 Å². The third-order valence-corrected chi connectivity index (χ3v) is 8.85.